The van der Waals surface area contributed by atoms with Gasteiger partial charge < -0.3 is 4.74 Å². The molecular weight excluding hydrogens is 406 g/mol. The molecule has 0 fully saturated rings. The molecule has 16 heavy (non-hydrogen) atoms. The molecule has 0 amide bonds. The normalized spacial score (nSPS) is 10.2. The average molecular weight is 411 g/mol. The van der Waals surface area contributed by atoms with Crippen molar-refractivity contribution in [2.45, 2.75) is 0 Å². The van der Waals surface area contributed by atoms with Crippen LogP contribution in [0.3, 0.4) is 0 Å². The molecule has 0 saturated heterocycles. The molecule has 1 aromatic carbocycles. The summed E-state index contributed by atoms with van der Waals surface area (Å²) in [7, 11) is 0. The van der Waals surface area contributed by atoms with Crippen molar-refractivity contribution < 1.29 is 4.74 Å². The predicted octanol–water partition coefficient (Wildman–Crippen LogP) is 4.29. The van der Waals surface area contributed by atoms with Crippen LogP contribution in [0.2, 0.25) is 5.28 Å². The maximum absolute atomic E-state index is 5.68. The third-order valence-corrected chi connectivity index (χ3v) is 3.16. The first-order chi connectivity index (χ1) is 7.65. The van der Waals surface area contributed by atoms with E-state index in [0.717, 1.165) is 3.57 Å². The molecule has 3 nitrogen and oxygen atoms in total. The first-order valence-corrected chi connectivity index (χ1v) is 6.51. The third-order valence-electron chi connectivity index (χ3n) is 1.71. The lowest BCUT2D eigenvalue weighted by Gasteiger charge is -2.06. The van der Waals surface area contributed by atoms with Crippen molar-refractivity contribution in [3.8, 4) is 11.6 Å². The van der Waals surface area contributed by atoms with E-state index in [1.807, 2.05) is 24.3 Å². The number of benzene rings is 1. The van der Waals surface area contributed by atoms with Gasteiger partial charge in [-0.2, -0.15) is 4.98 Å². The van der Waals surface area contributed by atoms with E-state index in [4.69, 9.17) is 16.3 Å². The Bertz CT molecular complexity index is 507. The van der Waals surface area contributed by atoms with Gasteiger partial charge in [0.1, 0.15) is 5.75 Å². The number of hydrogen-bond donors (Lipinski definition) is 0. The minimum atomic E-state index is 0.156. The van der Waals surface area contributed by atoms with Crippen LogP contribution in [0.5, 0.6) is 11.6 Å². The summed E-state index contributed by atoms with van der Waals surface area (Å²) in [5.74, 6) is 1.11. The van der Waals surface area contributed by atoms with Crippen molar-refractivity contribution in [3.63, 3.8) is 0 Å². The molecule has 0 radical (unpaired) electrons. The lowest BCUT2D eigenvalue weighted by Crippen LogP contribution is -1.91. The second kappa shape index (κ2) is 5.29. The van der Waals surface area contributed by atoms with Gasteiger partial charge in [-0.15, -0.1) is 0 Å². The zero-order valence-corrected chi connectivity index (χ0v) is 12.3. The largest absolute Gasteiger partial charge is 0.438 e. The van der Waals surface area contributed by atoms with Crippen LogP contribution in [0.15, 0.2) is 34.9 Å². The molecule has 0 spiro atoms. The molecule has 82 valence electrons. The van der Waals surface area contributed by atoms with E-state index >= 15 is 0 Å². The lowest BCUT2D eigenvalue weighted by molar-refractivity contribution is 0.458. The fourth-order valence-electron chi connectivity index (χ4n) is 1.02. The van der Waals surface area contributed by atoms with Gasteiger partial charge in [0.05, 0.1) is 4.47 Å². The third kappa shape index (κ3) is 3.05. The smallest absolute Gasteiger partial charge is 0.237 e. The minimum absolute atomic E-state index is 0.156. The molecule has 1 aromatic heterocycles. The molecule has 2 aromatic rings. The van der Waals surface area contributed by atoms with Crippen molar-refractivity contribution in [1.29, 1.82) is 0 Å². The standard InChI is InChI=1S/C10H5BrClIN2O/c11-8-5-14-10(12)15-9(8)16-7-3-1-6(13)2-4-7/h1-5H. The van der Waals surface area contributed by atoms with E-state index in [2.05, 4.69) is 48.5 Å². The lowest BCUT2D eigenvalue weighted by atomic mass is 10.3. The monoisotopic (exact) mass is 410 g/mol. The average Bonchev–Trinajstić information content (AvgIpc) is 2.27. The Morgan fingerprint density at radius 2 is 1.94 bits per heavy atom. The Morgan fingerprint density at radius 3 is 2.62 bits per heavy atom. The summed E-state index contributed by atoms with van der Waals surface area (Å²) in [6.45, 7) is 0. The number of ether oxygens (including phenoxy) is 1. The van der Waals surface area contributed by atoms with Crippen LogP contribution >= 0.6 is 50.1 Å². The molecular formula is C10H5BrClIN2O. The zero-order valence-electron chi connectivity index (χ0n) is 7.82. The first kappa shape index (κ1) is 12.1. The molecule has 2 rings (SSSR count). The van der Waals surface area contributed by atoms with Crippen LogP contribution in [-0.2, 0) is 0 Å². The number of rotatable bonds is 2. The van der Waals surface area contributed by atoms with E-state index in [1.54, 1.807) is 6.20 Å². The summed E-state index contributed by atoms with van der Waals surface area (Å²) in [6.07, 6.45) is 1.55. The minimum Gasteiger partial charge on any atom is -0.438 e. The Hall–Kier alpha value is -0.400. The molecule has 0 atom stereocenters. The van der Waals surface area contributed by atoms with Crippen LogP contribution < -0.4 is 4.74 Å². The highest BCUT2D eigenvalue weighted by atomic mass is 127. The van der Waals surface area contributed by atoms with Gasteiger partial charge >= 0.3 is 0 Å². The molecule has 0 aliphatic rings. The van der Waals surface area contributed by atoms with E-state index in [9.17, 15) is 0 Å². The molecule has 0 saturated carbocycles. The van der Waals surface area contributed by atoms with Crippen molar-refractivity contribution >= 4 is 50.1 Å². The van der Waals surface area contributed by atoms with Crippen LogP contribution in [-0.4, -0.2) is 9.97 Å². The topological polar surface area (TPSA) is 35.0 Å². The van der Waals surface area contributed by atoms with Crippen LogP contribution in [0.25, 0.3) is 0 Å². The van der Waals surface area contributed by atoms with Gasteiger partial charge in [-0.3, -0.25) is 0 Å². The summed E-state index contributed by atoms with van der Waals surface area (Å²) >= 11 is 11.2. The molecule has 1 heterocycles. The zero-order chi connectivity index (χ0) is 11.5. The Morgan fingerprint density at radius 1 is 1.25 bits per heavy atom. The van der Waals surface area contributed by atoms with E-state index in [1.165, 1.54) is 0 Å². The fourth-order valence-corrected chi connectivity index (χ4v) is 1.77. The SMILES string of the molecule is Clc1ncc(Br)c(Oc2ccc(I)cc2)n1. The number of nitrogens with zero attached hydrogens (tertiary/aromatic N) is 2. The van der Waals surface area contributed by atoms with Gasteiger partial charge in [-0.05, 0) is 74.4 Å². The summed E-state index contributed by atoms with van der Waals surface area (Å²) in [5, 5.41) is 0.156. The Labute approximate surface area is 119 Å². The number of aromatic nitrogens is 2. The fraction of sp³-hybridized carbons (Fsp3) is 0. The van der Waals surface area contributed by atoms with Crippen LogP contribution in [0, 0.1) is 3.57 Å². The van der Waals surface area contributed by atoms with Gasteiger partial charge in [0, 0.05) is 9.77 Å². The van der Waals surface area contributed by atoms with Gasteiger partial charge in [-0.25, -0.2) is 4.98 Å². The molecule has 0 bridgehead atoms. The highest BCUT2D eigenvalue weighted by molar-refractivity contribution is 14.1. The van der Waals surface area contributed by atoms with Crippen molar-refractivity contribution in [2.75, 3.05) is 0 Å². The molecule has 0 aliphatic heterocycles. The first-order valence-electron chi connectivity index (χ1n) is 4.26. The summed E-state index contributed by atoms with van der Waals surface area (Å²) in [4.78, 5) is 7.80. The van der Waals surface area contributed by atoms with Crippen LogP contribution in [0.1, 0.15) is 0 Å². The second-order valence-electron chi connectivity index (χ2n) is 2.85. The van der Waals surface area contributed by atoms with E-state index < -0.39 is 0 Å². The van der Waals surface area contributed by atoms with Gasteiger partial charge in [-0.1, -0.05) is 0 Å². The predicted molar refractivity (Wildman–Crippen MR) is 74.0 cm³/mol. The number of hydrogen-bond acceptors (Lipinski definition) is 3. The highest BCUT2D eigenvalue weighted by Crippen LogP contribution is 2.27. The van der Waals surface area contributed by atoms with Gasteiger partial charge in [0.2, 0.25) is 11.2 Å². The highest BCUT2D eigenvalue weighted by Gasteiger charge is 2.06. The summed E-state index contributed by atoms with van der Waals surface area (Å²) in [6, 6.07) is 7.63. The molecule has 0 N–H and O–H groups in total. The maximum Gasteiger partial charge on any atom is 0.237 e. The number of halogens is 3. The van der Waals surface area contributed by atoms with Crippen molar-refractivity contribution in [2.24, 2.45) is 0 Å². The Balaban J connectivity index is 2.26. The van der Waals surface area contributed by atoms with E-state index in [0.29, 0.717) is 16.1 Å². The Kier molecular flexibility index (Phi) is 3.99. The molecule has 0 aliphatic carbocycles. The second-order valence-corrected chi connectivity index (χ2v) is 5.29. The molecule has 0 unspecified atom stereocenters. The quantitative estimate of drug-likeness (QED) is 0.546. The van der Waals surface area contributed by atoms with Gasteiger partial charge in [0.15, 0.2) is 0 Å². The van der Waals surface area contributed by atoms with Crippen molar-refractivity contribution in [1.82, 2.24) is 9.97 Å². The maximum atomic E-state index is 5.68. The van der Waals surface area contributed by atoms with Gasteiger partial charge in [0.25, 0.3) is 0 Å². The summed E-state index contributed by atoms with van der Waals surface area (Å²) in [5.41, 5.74) is 0. The molecule has 6 heteroatoms. The van der Waals surface area contributed by atoms with E-state index in [-0.39, 0.29) is 5.28 Å². The van der Waals surface area contributed by atoms with Crippen LogP contribution in [0.4, 0.5) is 0 Å². The summed E-state index contributed by atoms with van der Waals surface area (Å²) < 4.78 is 7.36. The van der Waals surface area contributed by atoms with Crippen molar-refractivity contribution in [3.05, 3.63) is 43.8 Å².